The van der Waals surface area contributed by atoms with E-state index in [0.717, 1.165) is 38.9 Å². The maximum atomic E-state index is 13.3. The predicted molar refractivity (Wildman–Crippen MR) is 426 cm³/mol. The molecule has 109 heavy (non-hydrogen) atoms. The number of hydrogen-bond donors (Lipinski definition) is 0. The molecule has 21 atom stereocenters. The number of carbonyl (C=O) groups is 2. The molecule has 0 bridgehead atoms. The van der Waals surface area contributed by atoms with Crippen LogP contribution in [-0.4, -0.2) is 188 Å². The first-order valence-corrected chi connectivity index (χ1v) is 43.4. The Morgan fingerprint density at radius 1 is 0.486 bits per heavy atom. The second kappa shape index (κ2) is 39.5. The fourth-order valence-electron chi connectivity index (χ4n) is 15.6. The summed E-state index contributed by atoms with van der Waals surface area (Å²) in [5, 5.41) is 11.8. The standard InChI is InChI=1S/C78H99B4N6O17P2Si2/c1-49-52(4)98-62(45-92-53(5)89)69(67(49)94-43-55-31-19-13-20-32-55)103-75-65(85-87-83)72(105-107(79)80)71(64(101-75)48-97-109(78(10,11)12,59-39-27-17-28-40-59)60-41-29-18-30-42-60)102-74-51(3)68(95-44-56-33-21-14-22-34-56)70(63(100-74)46-93-54(6)90)104-76-66(86-88-84)73(106-82-81-91)50(2)61(99-76)47-96-108(77(7,8)9,57-35-23-15-24-36-57)58-37-25-16-26-38-58/h13-42,49-52,61-76,106H,43-48H2,1-12H3/t49?,50-,51?,52+,61?,62?,63?,64?,65?,66?,67+,68+,69-,70-,71-,72-,73+,74+,75+,76-/m1/s1. The van der Waals surface area contributed by atoms with Gasteiger partial charge in [-0.25, -0.2) is 0 Å². The third-order valence-electron chi connectivity index (χ3n) is 21.1. The van der Waals surface area contributed by atoms with Gasteiger partial charge in [-0.2, -0.15) is 0 Å². The van der Waals surface area contributed by atoms with E-state index in [9.17, 15) is 25.4 Å². The first-order valence-electron chi connectivity index (χ1n) is 37.1. The van der Waals surface area contributed by atoms with E-state index in [2.05, 4.69) is 110 Å². The quantitative estimate of drug-likeness (QED) is 0.00924. The molecule has 4 aliphatic heterocycles. The van der Waals surface area contributed by atoms with E-state index < -0.39 is 163 Å². The molecule has 6 aromatic rings. The van der Waals surface area contributed by atoms with Gasteiger partial charge in [0.1, 0.15) is 52.2 Å². The SMILES string of the molecule is [B]P([B])O[C@@H]1C(N=[N+]=[N-])[C@H](O[C@@H]2C(COC(C)=O)O[C@@H](C)C(C)[C@@H]2OCc2ccccc2)OC(CO[Si](c2ccccc2)(c2ccccc2)C(C)(C)C)[C@H]1O[C@@H]1OC(COC(C)=O)[C@@H](O[C@H]2OC(CO[Si](c3ccccc3)(c3ccccc3)C(C)(C)C)[C@@H](C)[C@H](P[B]B=O)C2N=[N+]=[N-])[C@@H](OCc2ccccc2)C1C. The fourth-order valence-corrected chi connectivity index (χ4v) is 26.5. The second-order valence-electron chi connectivity index (χ2n) is 30.3. The molecule has 0 amide bonds. The van der Waals surface area contributed by atoms with Crippen LogP contribution in [0, 0.1) is 17.8 Å². The molecule has 4 saturated heterocycles. The van der Waals surface area contributed by atoms with Crippen LogP contribution in [0.25, 0.3) is 20.9 Å². The van der Waals surface area contributed by atoms with Crippen molar-refractivity contribution in [2.75, 3.05) is 26.4 Å². The molecule has 23 nitrogen and oxygen atoms in total. The molecular formula is C78H99B4N6O17P2Si2. The van der Waals surface area contributed by atoms with Gasteiger partial charge in [0.15, 0.2) is 6.29 Å². The van der Waals surface area contributed by atoms with Crippen LogP contribution in [0.5, 0.6) is 0 Å². The summed E-state index contributed by atoms with van der Waals surface area (Å²) in [7, 11) is 4.78. The fraction of sp³-hybridized carbons (Fsp3) is 0.513. The van der Waals surface area contributed by atoms with Crippen molar-refractivity contribution in [2.45, 2.75) is 210 Å². The number of esters is 2. The Balaban J connectivity index is 1.09. The topological polar surface area (TPSA) is 278 Å². The minimum atomic E-state index is -3.50. The van der Waals surface area contributed by atoms with Crippen molar-refractivity contribution in [1.82, 2.24) is 0 Å². The summed E-state index contributed by atoms with van der Waals surface area (Å²) >= 11 is 0. The first-order chi connectivity index (χ1) is 52.3. The number of benzene rings is 6. The number of nitrogens with zero attached hydrogens (tertiary/aromatic N) is 6. The molecule has 0 aromatic heterocycles. The maximum absolute atomic E-state index is 13.3. The molecular weight excluding hydrogens is 1450 g/mol. The number of rotatable bonds is 33. The average Bonchev–Trinajstić information content (AvgIpc) is 0.752. The summed E-state index contributed by atoms with van der Waals surface area (Å²) < 4.78 is 111. The van der Waals surface area contributed by atoms with Crippen molar-refractivity contribution in [1.29, 1.82) is 0 Å². The average molecular weight is 1550 g/mol. The van der Waals surface area contributed by atoms with Crippen molar-refractivity contribution in [3.05, 3.63) is 214 Å². The van der Waals surface area contributed by atoms with Gasteiger partial charge < -0.3 is 32.6 Å². The van der Waals surface area contributed by atoms with Crippen LogP contribution in [0.2, 0.25) is 10.1 Å². The Morgan fingerprint density at radius 2 is 0.844 bits per heavy atom. The summed E-state index contributed by atoms with van der Waals surface area (Å²) in [5.41, 5.74) is 22.5. The van der Waals surface area contributed by atoms with Crippen LogP contribution >= 0.6 is 16.4 Å². The number of carbonyl (C=O) groups excluding carboxylic acids is 2. The summed E-state index contributed by atoms with van der Waals surface area (Å²) in [5.74, 6) is -2.80. The number of azide groups is 2. The summed E-state index contributed by atoms with van der Waals surface area (Å²) in [4.78, 5) is 32.8. The Labute approximate surface area is 649 Å². The van der Waals surface area contributed by atoms with Crippen molar-refractivity contribution < 1.29 is 79.8 Å². The molecule has 0 spiro atoms. The summed E-state index contributed by atoms with van der Waals surface area (Å²) in [6.45, 7) is 24.1. The van der Waals surface area contributed by atoms with Crippen molar-refractivity contribution in [3.8, 4) is 0 Å². The Bertz CT molecular complexity index is 3870. The molecule has 0 N–H and O–H groups in total. The third kappa shape index (κ3) is 20.6. The molecule has 9 unspecified atom stereocenters. The van der Waals surface area contributed by atoms with Crippen LogP contribution in [-0.2, 0) is 93.0 Å². The van der Waals surface area contributed by atoms with E-state index in [1.54, 1.807) is 0 Å². The first kappa shape index (κ1) is 85.2. The Morgan fingerprint density at radius 3 is 1.26 bits per heavy atom. The van der Waals surface area contributed by atoms with Gasteiger partial charge >= 0.3 is 322 Å². The van der Waals surface area contributed by atoms with E-state index in [1.807, 2.05) is 161 Å². The van der Waals surface area contributed by atoms with E-state index in [-0.39, 0.29) is 53.3 Å². The van der Waals surface area contributed by atoms with Gasteiger partial charge in [-0.3, -0.25) is 4.79 Å². The molecule has 0 aliphatic carbocycles. The van der Waals surface area contributed by atoms with E-state index in [0.29, 0.717) is 0 Å². The van der Waals surface area contributed by atoms with Crippen LogP contribution in [0.1, 0.15) is 94.2 Å². The van der Waals surface area contributed by atoms with Crippen LogP contribution < -0.4 is 20.7 Å². The zero-order valence-corrected chi connectivity index (χ0v) is 67.9. The van der Waals surface area contributed by atoms with Crippen molar-refractivity contribution in [3.63, 3.8) is 0 Å². The molecule has 4 aliphatic rings. The minimum absolute atomic E-state index is 0.0188. The molecule has 4 heterocycles. The van der Waals surface area contributed by atoms with Gasteiger partial charge in [0.05, 0.1) is 25.4 Å². The normalized spacial score (nSPS) is 28.9. The molecule has 31 heteroatoms. The molecule has 5 radical (unpaired) electrons. The van der Waals surface area contributed by atoms with Crippen molar-refractivity contribution in [2.24, 2.45) is 28.0 Å². The Hall–Kier alpha value is -6.25. The van der Waals surface area contributed by atoms with E-state index >= 15 is 0 Å². The Kier molecular flexibility index (Phi) is 30.9. The zero-order chi connectivity index (χ0) is 78.0. The molecule has 6 aromatic carbocycles. The zero-order valence-electron chi connectivity index (χ0n) is 64.0. The predicted octanol–water partition coefficient (Wildman–Crippen LogP) is 11.4. The summed E-state index contributed by atoms with van der Waals surface area (Å²) in [6.07, 6.45) is -15.9. The van der Waals surface area contributed by atoms with Gasteiger partial charge in [-0.15, -0.1) is 0 Å². The summed E-state index contributed by atoms with van der Waals surface area (Å²) in [6, 6.07) is 57.2. The van der Waals surface area contributed by atoms with Gasteiger partial charge in [-0.1, -0.05) is 150 Å². The van der Waals surface area contributed by atoms with Crippen molar-refractivity contribution >= 4 is 94.7 Å². The van der Waals surface area contributed by atoms with Gasteiger partial charge in [0.25, 0.3) is 8.32 Å². The van der Waals surface area contributed by atoms with Crippen LogP contribution in [0.4, 0.5) is 0 Å². The van der Waals surface area contributed by atoms with E-state index in [4.69, 9.17) is 80.6 Å². The van der Waals surface area contributed by atoms with Gasteiger partial charge in [-0.05, 0) is 33.4 Å². The monoisotopic (exact) mass is 1550 g/mol. The third-order valence-corrected chi connectivity index (χ3v) is 33.2. The van der Waals surface area contributed by atoms with Crippen LogP contribution in [0.3, 0.4) is 0 Å². The van der Waals surface area contributed by atoms with Gasteiger partial charge in [0.2, 0.25) is 0 Å². The molecule has 573 valence electrons. The van der Waals surface area contributed by atoms with Crippen LogP contribution in [0.15, 0.2) is 192 Å². The number of ether oxygens (including phenoxy) is 11. The van der Waals surface area contributed by atoms with Gasteiger partial charge in [0, 0.05) is 17.8 Å². The molecule has 0 saturated carbocycles. The number of hydrogen-bond acceptors (Lipinski definition) is 19. The second-order valence-corrected chi connectivity index (χ2v) is 41.2. The molecule has 4 fully saturated rings. The molecule has 10 rings (SSSR count). The van der Waals surface area contributed by atoms with E-state index in [1.165, 1.54) is 20.7 Å².